The predicted octanol–water partition coefficient (Wildman–Crippen LogP) is 2.06. The van der Waals surface area contributed by atoms with Crippen LogP contribution in [0.25, 0.3) is 10.9 Å². The molecule has 0 spiro atoms. The lowest BCUT2D eigenvalue weighted by Gasteiger charge is -1.81. The smallest absolute Gasteiger partial charge is 0.265 e. The second-order valence-corrected chi connectivity index (χ2v) is 1.77. The van der Waals surface area contributed by atoms with Gasteiger partial charge in [0, 0.05) is 0 Å². The maximum Gasteiger partial charge on any atom is 0.265 e. The van der Waals surface area contributed by atoms with Gasteiger partial charge in [0.15, 0.2) is 0 Å². The van der Waals surface area contributed by atoms with Crippen LogP contribution >= 0.6 is 0 Å². The van der Waals surface area contributed by atoms with Crippen LogP contribution in [0.4, 0.5) is 0 Å². The number of nitrogens with zero attached hydrogens (tertiary/aromatic N) is 2. The minimum atomic E-state index is 0.0277. The van der Waals surface area contributed by atoms with E-state index in [2.05, 4.69) is 4.85 Å². The summed E-state index contributed by atoms with van der Waals surface area (Å²) in [6.45, 7) is 6.55. The van der Waals surface area contributed by atoms with E-state index in [-0.39, 0.29) is 5.70 Å². The van der Waals surface area contributed by atoms with E-state index in [9.17, 15) is 0 Å². The molecule has 1 aromatic rings. The summed E-state index contributed by atoms with van der Waals surface area (Å²) in [5.41, 5.74) is 0.0277. The molecule has 0 saturated carbocycles. The quantitative estimate of drug-likeness (QED) is 0.447. The monoisotopic (exact) mass is 144 g/mol. The molecule has 11 heavy (non-hydrogen) atoms. The van der Waals surface area contributed by atoms with E-state index in [1.807, 2.05) is 0 Å². The largest absolute Gasteiger partial charge is 0.466 e. The summed E-state index contributed by atoms with van der Waals surface area (Å²) in [5, 5.41) is 8.35. The van der Waals surface area contributed by atoms with E-state index >= 15 is 0 Å². The molecule has 3 heteroatoms. The molecule has 0 bridgehead atoms. The number of rotatable bonds is 1. The van der Waals surface area contributed by atoms with Gasteiger partial charge in [-0.3, -0.25) is 0 Å². The van der Waals surface area contributed by atoms with Crippen LogP contribution in [-0.2, 0) is 0 Å². The van der Waals surface area contributed by atoms with Gasteiger partial charge in [-0.15, -0.1) is 0 Å². The molecule has 0 atom stereocenters. The molecule has 1 heterocycles. The van der Waals surface area contributed by atoms with E-state index in [0.29, 0.717) is 5.76 Å². The van der Waals surface area contributed by atoms with Crippen LogP contribution in [-0.4, -0.2) is 0 Å². The molecule has 3 nitrogen and oxygen atoms in total. The number of hydrogen-bond donors (Lipinski definition) is 0. The Morgan fingerprint density at radius 3 is 3.09 bits per heavy atom. The molecule has 0 N–H and O–H groups in total. The first kappa shape index (κ1) is 7.11. The number of nitriles is 1. The maximum absolute atomic E-state index is 8.35. The first-order valence-corrected chi connectivity index (χ1v) is 2.89. The standard InChI is InChI=1S/C8H4N2O/c1-10-7(6-9)5-8-3-2-4-11-8/h2-5H. The summed E-state index contributed by atoms with van der Waals surface area (Å²) in [4.78, 5) is 2.97. The molecule has 0 saturated heterocycles. The Bertz CT molecular complexity index is 319. The van der Waals surface area contributed by atoms with Crippen molar-refractivity contribution in [3.63, 3.8) is 0 Å². The van der Waals surface area contributed by atoms with Crippen LogP contribution in [0.15, 0.2) is 28.5 Å². The lowest BCUT2D eigenvalue weighted by Crippen LogP contribution is -1.66. The number of furan rings is 1. The van der Waals surface area contributed by atoms with Gasteiger partial charge in [0.2, 0.25) is 0 Å². The van der Waals surface area contributed by atoms with Gasteiger partial charge >= 0.3 is 0 Å². The zero-order valence-electron chi connectivity index (χ0n) is 5.61. The molecule has 1 aromatic heterocycles. The summed E-state index contributed by atoms with van der Waals surface area (Å²) in [6, 6.07) is 5.12. The lowest BCUT2D eigenvalue weighted by atomic mass is 10.3. The van der Waals surface area contributed by atoms with Crippen LogP contribution < -0.4 is 0 Å². The zero-order chi connectivity index (χ0) is 8.10. The molecule has 0 aromatic carbocycles. The summed E-state index contributed by atoms with van der Waals surface area (Å²) >= 11 is 0. The molecule has 0 radical (unpaired) electrons. The van der Waals surface area contributed by atoms with E-state index in [1.54, 1.807) is 18.2 Å². The van der Waals surface area contributed by atoms with Crippen LogP contribution in [0.5, 0.6) is 0 Å². The summed E-state index contributed by atoms with van der Waals surface area (Å²) in [5.74, 6) is 0.526. The second kappa shape index (κ2) is 3.24. The average Bonchev–Trinajstić information content (AvgIpc) is 2.52. The highest BCUT2D eigenvalue weighted by molar-refractivity contribution is 5.54. The fraction of sp³-hybridized carbons (Fsp3) is 0. The van der Waals surface area contributed by atoms with Crippen molar-refractivity contribution in [3.05, 3.63) is 41.3 Å². The molecule has 0 aliphatic carbocycles. The Hall–Kier alpha value is -2.00. The van der Waals surface area contributed by atoms with Crippen molar-refractivity contribution in [1.82, 2.24) is 0 Å². The van der Waals surface area contributed by atoms with Gasteiger partial charge in [0.25, 0.3) is 5.70 Å². The summed E-state index contributed by atoms with van der Waals surface area (Å²) in [7, 11) is 0. The number of allylic oxidation sites excluding steroid dienone is 1. The van der Waals surface area contributed by atoms with Crippen molar-refractivity contribution in [2.45, 2.75) is 0 Å². The lowest BCUT2D eigenvalue weighted by molar-refractivity contribution is 0.557. The third-order valence-electron chi connectivity index (χ3n) is 1.06. The van der Waals surface area contributed by atoms with Crippen molar-refractivity contribution in [1.29, 1.82) is 5.26 Å². The van der Waals surface area contributed by atoms with Crippen molar-refractivity contribution >= 4 is 6.08 Å². The van der Waals surface area contributed by atoms with Gasteiger partial charge in [-0.1, -0.05) is 0 Å². The van der Waals surface area contributed by atoms with Gasteiger partial charge in [-0.2, -0.15) is 0 Å². The Morgan fingerprint density at radius 2 is 2.64 bits per heavy atom. The van der Waals surface area contributed by atoms with Crippen molar-refractivity contribution in [2.75, 3.05) is 0 Å². The molecule has 0 unspecified atom stereocenters. The van der Waals surface area contributed by atoms with Gasteiger partial charge < -0.3 is 4.42 Å². The zero-order valence-corrected chi connectivity index (χ0v) is 5.61. The fourth-order valence-electron chi connectivity index (χ4n) is 0.598. The highest BCUT2D eigenvalue weighted by Crippen LogP contribution is 2.06. The molecule has 0 aliphatic heterocycles. The first-order chi connectivity index (χ1) is 5.36. The minimum Gasteiger partial charge on any atom is -0.466 e. The average molecular weight is 144 g/mol. The Balaban J connectivity index is 2.93. The van der Waals surface area contributed by atoms with Crippen LogP contribution in [0.2, 0.25) is 0 Å². The Morgan fingerprint density at radius 1 is 1.82 bits per heavy atom. The minimum absolute atomic E-state index is 0.0277. The van der Waals surface area contributed by atoms with Gasteiger partial charge in [-0.25, -0.2) is 10.1 Å². The van der Waals surface area contributed by atoms with Crippen LogP contribution in [0, 0.1) is 17.9 Å². The summed E-state index contributed by atoms with van der Waals surface area (Å²) < 4.78 is 4.90. The van der Waals surface area contributed by atoms with Crippen molar-refractivity contribution < 1.29 is 4.42 Å². The van der Waals surface area contributed by atoms with Crippen molar-refractivity contribution in [3.8, 4) is 6.07 Å². The SMILES string of the molecule is [C-]#[N+]C(C#N)=Cc1ccco1. The Kier molecular flexibility index (Phi) is 2.09. The molecule has 1 rings (SSSR count). The van der Waals surface area contributed by atoms with E-state index in [4.69, 9.17) is 16.3 Å². The molecule has 52 valence electrons. The molecular formula is C8H4N2O. The predicted molar refractivity (Wildman–Crippen MR) is 38.9 cm³/mol. The second-order valence-electron chi connectivity index (χ2n) is 1.77. The third-order valence-corrected chi connectivity index (χ3v) is 1.06. The van der Waals surface area contributed by atoms with Crippen molar-refractivity contribution in [2.24, 2.45) is 0 Å². The molecule has 0 amide bonds. The fourth-order valence-corrected chi connectivity index (χ4v) is 0.598. The number of hydrogen-bond acceptors (Lipinski definition) is 2. The van der Waals surface area contributed by atoms with Gasteiger partial charge in [0.05, 0.1) is 18.9 Å². The highest BCUT2D eigenvalue weighted by Gasteiger charge is 1.94. The van der Waals surface area contributed by atoms with Gasteiger partial charge in [-0.05, 0) is 18.2 Å². The topological polar surface area (TPSA) is 41.3 Å². The maximum atomic E-state index is 8.35. The summed E-state index contributed by atoms with van der Waals surface area (Å²) in [6.07, 6.45) is 2.89. The van der Waals surface area contributed by atoms with Gasteiger partial charge in [0.1, 0.15) is 5.76 Å². The van der Waals surface area contributed by atoms with Crippen LogP contribution in [0.1, 0.15) is 5.76 Å². The molecule has 0 fully saturated rings. The van der Waals surface area contributed by atoms with E-state index < -0.39 is 0 Å². The molecular weight excluding hydrogens is 140 g/mol. The van der Waals surface area contributed by atoms with Crippen LogP contribution in [0.3, 0.4) is 0 Å². The highest BCUT2D eigenvalue weighted by atomic mass is 16.3. The third kappa shape index (κ3) is 1.70. The first-order valence-electron chi connectivity index (χ1n) is 2.89. The Labute approximate surface area is 64.0 Å². The van der Waals surface area contributed by atoms with E-state index in [0.717, 1.165) is 0 Å². The normalized spacial score (nSPS) is 10.2. The van der Waals surface area contributed by atoms with E-state index in [1.165, 1.54) is 12.3 Å². The molecule has 0 aliphatic rings.